The van der Waals surface area contributed by atoms with Crippen LogP contribution in [-0.4, -0.2) is 85.3 Å². The van der Waals surface area contributed by atoms with Gasteiger partial charge in [-0.2, -0.15) is 0 Å². The fourth-order valence-corrected chi connectivity index (χ4v) is 3.77. The second-order valence-electron chi connectivity index (χ2n) is 7.35. The molecule has 1 aromatic rings. The highest BCUT2D eigenvalue weighted by Crippen LogP contribution is 2.22. The SMILES string of the molecule is CNC(=O)CN1CCN(C(=O)C2CCN(C(=O)c3ccc(F)cc3)CC2)CC1. The highest BCUT2D eigenvalue weighted by molar-refractivity contribution is 5.94. The second kappa shape index (κ2) is 9.14. The van der Waals surface area contributed by atoms with Crippen LogP contribution < -0.4 is 5.32 Å². The lowest BCUT2D eigenvalue weighted by molar-refractivity contribution is -0.138. The number of nitrogens with zero attached hydrogens (tertiary/aromatic N) is 3. The van der Waals surface area contributed by atoms with Crippen LogP contribution in [0.3, 0.4) is 0 Å². The van der Waals surface area contributed by atoms with Gasteiger partial charge in [0, 0.05) is 57.8 Å². The molecule has 3 amide bonds. The molecule has 0 unspecified atom stereocenters. The summed E-state index contributed by atoms with van der Waals surface area (Å²) in [4.78, 5) is 42.4. The third kappa shape index (κ3) is 4.86. The number of hydrogen-bond acceptors (Lipinski definition) is 4. The fourth-order valence-electron chi connectivity index (χ4n) is 3.77. The Balaban J connectivity index is 1.46. The molecular weight excluding hydrogens is 363 g/mol. The minimum Gasteiger partial charge on any atom is -0.358 e. The Morgan fingerprint density at radius 1 is 0.964 bits per heavy atom. The van der Waals surface area contributed by atoms with Crippen molar-refractivity contribution in [1.82, 2.24) is 20.0 Å². The van der Waals surface area contributed by atoms with Crippen molar-refractivity contribution in [3.05, 3.63) is 35.6 Å². The Bertz CT molecular complexity index is 709. The average molecular weight is 390 g/mol. The number of benzene rings is 1. The van der Waals surface area contributed by atoms with Crippen LogP contribution in [0.25, 0.3) is 0 Å². The van der Waals surface area contributed by atoms with Crippen molar-refractivity contribution in [2.24, 2.45) is 5.92 Å². The molecule has 152 valence electrons. The lowest BCUT2D eigenvalue weighted by Gasteiger charge is -2.38. The van der Waals surface area contributed by atoms with E-state index >= 15 is 0 Å². The number of piperidine rings is 1. The van der Waals surface area contributed by atoms with Gasteiger partial charge in [-0.3, -0.25) is 19.3 Å². The van der Waals surface area contributed by atoms with E-state index in [2.05, 4.69) is 5.32 Å². The lowest BCUT2D eigenvalue weighted by Crippen LogP contribution is -2.53. The Morgan fingerprint density at radius 3 is 2.14 bits per heavy atom. The van der Waals surface area contributed by atoms with Crippen molar-refractivity contribution in [1.29, 1.82) is 0 Å². The third-order valence-electron chi connectivity index (χ3n) is 5.55. The molecule has 2 aliphatic heterocycles. The number of nitrogens with one attached hydrogen (secondary N) is 1. The monoisotopic (exact) mass is 390 g/mol. The molecule has 2 heterocycles. The highest BCUT2D eigenvalue weighted by Gasteiger charge is 2.32. The molecule has 3 rings (SSSR count). The van der Waals surface area contributed by atoms with E-state index in [1.54, 1.807) is 11.9 Å². The summed E-state index contributed by atoms with van der Waals surface area (Å²) in [6.45, 7) is 4.08. The molecule has 1 N–H and O–H groups in total. The van der Waals surface area contributed by atoms with Crippen LogP contribution in [0.5, 0.6) is 0 Å². The van der Waals surface area contributed by atoms with E-state index in [1.165, 1.54) is 24.3 Å². The molecule has 0 aliphatic carbocycles. The van der Waals surface area contributed by atoms with Crippen LogP contribution in [0, 0.1) is 11.7 Å². The first-order valence-electron chi connectivity index (χ1n) is 9.74. The van der Waals surface area contributed by atoms with Gasteiger partial charge in [0.05, 0.1) is 6.54 Å². The zero-order chi connectivity index (χ0) is 20.1. The predicted octanol–water partition coefficient (Wildman–Crippen LogP) is 0.568. The molecule has 7 nitrogen and oxygen atoms in total. The lowest BCUT2D eigenvalue weighted by atomic mass is 9.94. The van der Waals surface area contributed by atoms with E-state index in [0.29, 0.717) is 64.2 Å². The van der Waals surface area contributed by atoms with Gasteiger partial charge in [-0.15, -0.1) is 0 Å². The smallest absolute Gasteiger partial charge is 0.253 e. The normalized spacial score (nSPS) is 18.8. The maximum absolute atomic E-state index is 13.0. The largest absolute Gasteiger partial charge is 0.358 e. The van der Waals surface area contributed by atoms with E-state index in [-0.39, 0.29) is 29.5 Å². The minimum atomic E-state index is -0.365. The van der Waals surface area contributed by atoms with Crippen molar-refractivity contribution in [3.63, 3.8) is 0 Å². The molecule has 1 aromatic carbocycles. The van der Waals surface area contributed by atoms with Gasteiger partial charge in [-0.1, -0.05) is 0 Å². The molecule has 8 heteroatoms. The molecule has 0 aromatic heterocycles. The summed E-state index contributed by atoms with van der Waals surface area (Å²) in [6, 6.07) is 5.56. The summed E-state index contributed by atoms with van der Waals surface area (Å²) in [7, 11) is 1.62. The fraction of sp³-hybridized carbons (Fsp3) is 0.550. The van der Waals surface area contributed by atoms with Crippen LogP contribution >= 0.6 is 0 Å². The summed E-state index contributed by atoms with van der Waals surface area (Å²) >= 11 is 0. The Morgan fingerprint density at radius 2 is 1.57 bits per heavy atom. The van der Waals surface area contributed by atoms with Gasteiger partial charge in [0.15, 0.2) is 0 Å². The molecule has 2 saturated heterocycles. The molecule has 0 spiro atoms. The van der Waals surface area contributed by atoms with E-state index in [1.807, 2.05) is 9.80 Å². The molecule has 0 bridgehead atoms. The quantitative estimate of drug-likeness (QED) is 0.816. The first-order valence-corrected chi connectivity index (χ1v) is 9.74. The number of likely N-dealkylation sites (tertiary alicyclic amines) is 1. The zero-order valence-electron chi connectivity index (χ0n) is 16.2. The van der Waals surface area contributed by atoms with Crippen LogP contribution in [0.2, 0.25) is 0 Å². The van der Waals surface area contributed by atoms with Crippen LogP contribution in [0.4, 0.5) is 4.39 Å². The summed E-state index contributed by atoms with van der Waals surface area (Å²) in [5, 5.41) is 2.61. The van der Waals surface area contributed by atoms with Gasteiger partial charge < -0.3 is 15.1 Å². The maximum atomic E-state index is 13.0. The van der Waals surface area contributed by atoms with Crippen LogP contribution in [0.15, 0.2) is 24.3 Å². The Hall–Kier alpha value is -2.48. The number of rotatable bonds is 4. The molecule has 0 saturated carbocycles. The minimum absolute atomic E-state index is 0.0158. The summed E-state index contributed by atoms with van der Waals surface area (Å²) < 4.78 is 13.0. The average Bonchev–Trinajstić information content (AvgIpc) is 2.74. The Labute approximate surface area is 164 Å². The number of carbonyl (C=O) groups is 3. The van der Waals surface area contributed by atoms with E-state index in [4.69, 9.17) is 0 Å². The molecule has 0 atom stereocenters. The number of amides is 3. The predicted molar refractivity (Wildman–Crippen MR) is 102 cm³/mol. The summed E-state index contributed by atoms with van der Waals surface area (Å²) in [5.74, 6) is -0.417. The number of carbonyl (C=O) groups excluding carboxylic acids is 3. The maximum Gasteiger partial charge on any atom is 0.253 e. The first-order chi connectivity index (χ1) is 13.5. The van der Waals surface area contributed by atoms with Crippen LogP contribution in [-0.2, 0) is 9.59 Å². The summed E-state index contributed by atoms with van der Waals surface area (Å²) in [5.41, 5.74) is 0.471. The van der Waals surface area contributed by atoms with Gasteiger partial charge in [-0.05, 0) is 37.1 Å². The van der Waals surface area contributed by atoms with Crippen molar-refractivity contribution in [2.75, 3.05) is 52.9 Å². The third-order valence-corrected chi connectivity index (χ3v) is 5.55. The molecule has 2 aliphatic rings. The van der Waals surface area contributed by atoms with E-state index in [9.17, 15) is 18.8 Å². The summed E-state index contributed by atoms with van der Waals surface area (Å²) in [6.07, 6.45) is 1.29. The molecule has 0 radical (unpaired) electrons. The van der Waals surface area contributed by atoms with Crippen molar-refractivity contribution >= 4 is 17.7 Å². The van der Waals surface area contributed by atoms with Crippen molar-refractivity contribution in [2.45, 2.75) is 12.8 Å². The van der Waals surface area contributed by atoms with Gasteiger partial charge in [-0.25, -0.2) is 4.39 Å². The molecule has 28 heavy (non-hydrogen) atoms. The Kier molecular flexibility index (Phi) is 6.61. The van der Waals surface area contributed by atoms with Gasteiger partial charge in [0.1, 0.15) is 5.82 Å². The number of likely N-dealkylation sites (N-methyl/N-ethyl adjacent to an activating group) is 1. The second-order valence-corrected chi connectivity index (χ2v) is 7.35. The van der Waals surface area contributed by atoms with Crippen molar-refractivity contribution < 1.29 is 18.8 Å². The van der Waals surface area contributed by atoms with Gasteiger partial charge in [0.2, 0.25) is 11.8 Å². The zero-order valence-corrected chi connectivity index (χ0v) is 16.2. The van der Waals surface area contributed by atoms with Gasteiger partial charge in [0.25, 0.3) is 5.91 Å². The molecular formula is C20H27FN4O3. The van der Waals surface area contributed by atoms with Gasteiger partial charge >= 0.3 is 0 Å². The van der Waals surface area contributed by atoms with E-state index in [0.717, 1.165) is 0 Å². The topological polar surface area (TPSA) is 73.0 Å². The first kappa shape index (κ1) is 20.3. The van der Waals surface area contributed by atoms with E-state index < -0.39 is 0 Å². The number of piperazine rings is 1. The van der Waals surface area contributed by atoms with Crippen LogP contribution in [0.1, 0.15) is 23.2 Å². The number of halogens is 1. The highest BCUT2D eigenvalue weighted by atomic mass is 19.1. The van der Waals surface area contributed by atoms with Crippen molar-refractivity contribution in [3.8, 4) is 0 Å². The number of hydrogen-bond donors (Lipinski definition) is 1. The standard InChI is InChI=1S/C20H27FN4O3/c1-22-18(26)14-23-10-12-25(13-11-23)20(28)16-6-8-24(9-7-16)19(27)15-2-4-17(21)5-3-15/h2-5,16H,6-14H2,1H3,(H,22,26). The molecule has 2 fully saturated rings.